The van der Waals surface area contributed by atoms with E-state index in [1.807, 2.05) is 6.92 Å². The van der Waals surface area contributed by atoms with Crippen LogP contribution >= 0.6 is 0 Å². The van der Waals surface area contributed by atoms with Gasteiger partial charge in [0, 0.05) is 19.1 Å². The van der Waals surface area contributed by atoms with E-state index in [2.05, 4.69) is 4.90 Å². The van der Waals surface area contributed by atoms with Crippen molar-refractivity contribution in [3.05, 3.63) is 35.6 Å². The van der Waals surface area contributed by atoms with Gasteiger partial charge >= 0.3 is 0 Å². The molecule has 0 saturated carbocycles. The molecule has 0 amide bonds. The second-order valence-corrected chi connectivity index (χ2v) is 7.59. The van der Waals surface area contributed by atoms with E-state index in [9.17, 15) is 17.9 Å². The molecule has 2 unspecified atom stereocenters. The molecular formula is C14H20FNO3S. The summed E-state index contributed by atoms with van der Waals surface area (Å²) in [5.74, 6) is -0.0183. The molecule has 1 heterocycles. The molecule has 1 fully saturated rings. The zero-order valence-corrected chi connectivity index (χ0v) is 12.3. The van der Waals surface area contributed by atoms with E-state index in [0.29, 0.717) is 25.1 Å². The molecule has 1 aromatic carbocycles. The number of sulfone groups is 1. The Hall–Kier alpha value is -0.980. The molecule has 0 aromatic heterocycles. The number of aliphatic hydroxyl groups excluding tert-OH is 1. The van der Waals surface area contributed by atoms with Crippen LogP contribution in [0.15, 0.2) is 24.3 Å². The maximum atomic E-state index is 13.1. The molecule has 1 N–H and O–H groups in total. The van der Waals surface area contributed by atoms with Crippen molar-refractivity contribution in [1.29, 1.82) is 0 Å². The lowest BCUT2D eigenvalue weighted by molar-refractivity contribution is 0.131. The van der Waals surface area contributed by atoms with Crippen LogP contribution in [-0.2, 0) is 9.84 Å². The molecule has 1 aliphatic rings. The van der Waals surface area contributed by atoms with Crippen LogP contribution in [0.1, 0.15) is 25.0 Å². The fourth-order valence-electron chi connectivity index (χ4n) is 2.53. The van der Waals surface area contributed by atoms with Crippen LogP contribution in [0.25, 0.3) is 0 Å². The number of rotatable bonds is 4. The number of hydrogen-bond acceptors (Lipinski definition) is 4. The van der Waals surface area contributed by atoms with E-state index in [4.69, 9.17) is 0 Å². The first-order valence-corrected chi connectivity index (χ1v) is 8.57. The van der Waals surface area contributed by atoms with Gasteiger partial charge in [-0.1, -0.05) is 12.1 Å². The minimum atomic E-state index is -2.91. The van der Waals surface area contributed by atoms with Crippen molar-refractivity contribution >= 4 is 9.84 Å². The minimum absolute atomic E-state index is 0.0338. The molecule has 4 nitrogen and oxygen atoms in total. The first-order chi connectivity index (χ1) is 9.37. The summed E-state index contributed by atoms with van der Waals surface area (Å²) in [6, 6.07) is 5.90. The minimum Gasteiger partial charge on any atom is -0.388 e. The average Bonchev–Trinajstić information content (AvgIpc) is 2.36. The summed E-state index contributed by atoms with van der Waals surface area (Å²) >= 11 is 0. The summed E-state index contributed by atoms with van der Waals surface area (Å²) in [5, 5.41) is 10.1. The van der Waals surface area contributed by atoms with Gasteiger partial charge in [0.05, 0.1) is 17.6 Å². The topological polar surface area (TPSA) is 57.6 Å². The van der Waals surface area contributed by atoms with Gasteiger partial charge in [0.1, 0.15) is 5.82 Å². The lowest BCUT2D eigenvalue weighted by Gasteiger charge is -2.33. The predicted molar refractivity (Wildman–Crippen MR) is 75.7 cm³/mol. The third-order valence-electron chi connectivity index (χ3n) is 3.73. The number of hydrogen-bond donors (Lipinski definition) is 1. The highest BCUT2D eigenvalue weighted by Gasteiger charge is 2.28. The fourth-order valence-corrected chi connectivity index (χ4v) is 4.16. The zero-order chi connectivity index (χ0) is 14.8. The highest BCUT2D eigenvalue weighted by Crippen LogP contribution is 2.20. The van der Waals surface area contributed by atoms with Crippen LogP contribution in [0.4, 0.5) is 4.39 Å². The number of halogens is 1. The van der Waals surface area contributed by atoms with Crippen LogP contribution in [0.3, 0.4) is 0 Å². The van der Waals surface area contributed by atoms with Crippen molar-refractivity contribution in [1.82, 2.24) is 4.90 Å². The van der Waals surface area contributed by atoms with Crippen molar-refractivity contribution in [3.8, 4) is 0 Å². The van der Waals surface area contributed by atoms with Gasteiger partial charge in [-0.25, -0.2) is 12.8 Å². The Labute approximate surface area is 119 Å². The van der Waals surface area contributed by atoms with Crippen molar-refractivity contribution < 1.29 is 17.9 Å². The van der Waals surface area contributed by atoms with Crippen molar-refractivity contribution in [2.75, 3.05) is 24.6 Å². The summed E-state index contributed by atoms with van der Waals surface area (Å²) in [7, 11) is -2.91. The lowest BCUT2D eigenvalue weighted by atomic mass is 10.1. The Balaban J connectivity index is 1.89. The molecule has 0 radical (unpaired) electrons. The maximum Gasteiger partial charge on any atom is 0.153 e. The van der Waals surface area contributed by atoms with Gasteiger partial charge in [-0.15, -0.1) is 0 Å². The van der Waals surface area contributed by atoms with Crippen LogP contribution in [0.5, 0.6) is 0 Å². The van der Waals surface area contributed by atoms with Crippen molar-refractivity contribution in [2.45, 2.75) is 25.5 Å². The Kier molecular flexibility index (Phi) is 4.78. The standard InChI is InChI=1S/C14H20FNO3S/c1-11-10-20(18,19)8-7-16(11)6-5-14(17)12-3-2-4-13(15)9-12/h2-4,9,11,14,17H,5-8,10H2,1H3. The molecule has 0 aliphatic carbocycles. The van der Waals surface area contributed by atoms with Gasteiger partial charge in [0.15, 0.2) is 9.84 Å². The second-order valence-electron chi connectivity index (χ2n) is 5.36. The molecule has 1 aliphatic heterocycles. The van der Waals surface area contributed by atoms with Crippen molar-refractivity contribution in [2.24, 2.45) is 0 Å². The van der Waals surface area contributed by atoms with Gasteiger partial charge in [0.2, 0.25) is 0 Å². The molecule has 0 bridgehead atoms. The van der Waals surface area contributed by atoms with Gasteiger partial charge in [-0.05, 0) is 31.0 Å². The SMILES string of the molecule is CC1CS(=O)(=O)CCN1CCC(O)c1cccc(F)c1. The number of aliphatic hydroxyl groups is 1. The molecular weight excluding hydrogens is 281 g/mol. The van der Waals surface area contributed by atoms with Crippen molar-refractivity contribution in [3.63, 3.8) is 0 Å². The van der Waals surface area contributed by atoms with Crippen LogP contribution in [0, 0.1) is 5.82 Å². The molecule has 2 rings (SSSR count). The highest BCUT2D eigenvalue weighted by atomic mass is 32.2. The highest BCUT2D eigenvalue weighted by molar-refractivity contribution is 7.91. The van der Waals surface area contributed by atoms with Crippen LogP contribution < -0.4 is 0 Å². The summed E-state index contributed by atoms with van der Waals surface area (Å²) in [6.45, 7) is 2.99. The number of nitrogens with zero attached hydrogens (tertiary/aromatic N) is 1. The van der Waals surface area contributed by atoms with E-state index in [1.54, 1.807) is 12.1 Å². The maximum absolute atomic E-state index is 13.1. The molecule has 112 valence electrons. The van der Waals surface area contributed by atoms with E-state index in [1.165, 1.54) is 12.1 Å². The van der Waals surface area contributed by atoms with Crippen LogP contribution in [-0.4, -0.2) is 49.1 Å². The first-order valence-electron chi connectivity index (χ1n) is 6.75. The normalized spacial score (nSPS) is 24.4. The van der Waals surface area contributed by atoms with Gasteiger partial charge < -0.3 is 5.11 Å². The fraction of sp³-hybridized carbons (Fsp3) is 0.571. The van der Waals surface area contributed by atoms with Crippen LogP contribution in [0.2, 0.25) is 0 Å². The Bertz CT molecular complexity index is 561. The Morgan fingerprint density at radius 3 is 2.90 bits per heavy atom. The predicted octanol–water partition coefficient (Wildman–Crippen LogP) is 1.37. The average molecular weight is 301 g/mol. The summed E-state index contributed by atoms with van der Waals surface area (Å²) in [5.41, 5.74) is 0.558. The van der Waals surface area contributed by atoms with E-state index >= 15 is 0 Å². The third kappa shape index (κ3) is 4.01. The molecule has 6 heteroatoms. The summed E-state index contributed by atoms with van der Waals surface area (Å²) < 4.78 is 36.1. The number of benzene rings is 1. The smallest absolute Gasteiger partial charge is 0.153 e. The summed E-state index contributed by atoms with van der Waals surface area (Å²) in [4.78, 5) is 2.06. The molecule has 0 spiro atoms. The molecule has 2 atom stereocenters. The Morgan fingerprint density at radius 1 is 1.50 bits per heavy atom. The summed E-state index contributed by atoms with van der Waals surface area (Å²) in [6.07, 6.45) is -0.259. The quantitative estimate of drug-likeness (QED) is 0.912. The van der Waals surface area contributed by atoms with E-state index in [0.717, 1.165) is 0 Å². The first kappa shape index (κ1) is 15.4. The monoisotopic (exact) mass is 301 g/mol. The van der Waals surface area contributed by atoms with E-state index in [-0.39, 0.29) is 23.4 Å². The molecule has 1 aromatic rings. The zero-order valence-electron chi connectivity index (χ0n) is 11.5. The van der Waals surface area contributed by atoms with Gasteiger partial charge in [-0.3, -0.25) is 4.90 Å². The van der Waals surface area contributed by atoms with Gasteiger partial charge in [-0.2, -0.15) is 0 Å². The lowest BCUT2D eigenvalue weighted by Crippen LogP contribution is -2.47. The van der Waals surface area contributed by atoms with E-state index < -0.39 is 15.9 Å². The molecule has 1 saturated heterocycles. The second kappa shape index (κ2) is 6.20. The van der Waals surface area contributed by atoms with Gasteiger partial charge in [0.25, 0.3) is 0 Å². The Morgan fingerprint density at radius 2 is 2.25 bits per heavy atom. The largest absolute Gasteiger partial charge is 0.388 e. The third-order valence-corrected chi connectivity index (χ3v) is 5.53. The molecule has 20 heavy (non-hydrogen) atoms.